The first-order valence-electron chi connectivity index (χ1n) is 20.3. The van der Waals surface area contributed by atoms with Gasteiger partial charge < -0.3 is 37.6 Å². The van der Waals surface area contributed by atoms with Crippen LogP contribution in [0.25, 0.3) is 0 Å². The summed E-state index contributed by atoms with van der Waals surface area (Å²) in [7, 11) is -2.49. The lowest BCUT2D eigenvalue weighted by atomic mass is 9.92. The molecule has 0 spiro atoms. The number of Topliss-reactive ketones (excluding diaryl/α,β-unsaturated/α-hetero) is 1. The van der Waals surface area contributed by atoms with Gasteiger partial charge in [0, 0.05) is 33.8 Å². The molecule has 0 aliphatic carbocycles. The molecule has 0 heterocycles. The van der Waals surface area contributed by atoms with E-state index >= 15 is 4.79 Å². The Morgan fingerprint density at radius 3 is 1.52 bits per heavy atom. The lowest BCUT2D eigenvalue weighted by Gasteiger charge is -2.37. The van der Waals surface area contributed by atoms with Crippen LogP contribution in [-0.2, 0) is 73.7 Å². The van der Waals surface area contributed by atoms with Crippen molar-refractivity contribution < 1.29 is 61.6 Å². The minimum absolute atomic E-state index is 0.0146. The number of hydrogen-bond donors (Lipinski definition) is 0. The second kappa shape index (κ2) is 22.8. The molecule has 4 aromatic carbocycles. The van der Waals surface area contributed by atoms with Crippen molar-refractivity contribution in [1.82, 2.24) is 0 Å². The number of ketones is 1. The first-order chi connectivity index (χ1) is 29.3. The fourth-order valence-electron chi connectivity index (χ4n) is 6.09. The highest BCUT2D eigenvalue weighted by molar-refractivity contribution is 6.74. The third-order valence-electron chi connectivity index (χ3n) is 10.1. The highest BCUT2D eigenvalue weighted by Gasteiger charge is 2.48. The van der Waals surface area contributed by atoms with E-state index in [9.17, 15) is 19.2 Å². The van der Waals surface area contributed by atoms with Crippen molar-refractivity contribution in [2.45, 2.75) is 117 Å². The largest absolute Gasteiger partial charge is 0.489 e. The zero-order chi connectivity index (χ0) is 45.5. The van der Waals surface area contributed by atoms with E-state index in [1.54, 1.807) is 12.1 Å². The highest BCUT2D eigenvalue weighted by atomic mass is 28.4. The number of benzene rings is 4. The van der Waals surface area contributed by atoms with Crippen LogP contribution in [0.2, 0.25) is 18.1 Å². The molecule has 0 N–H and O–H groups in total. The van der Waals surface area contributed by atoms with Crippen molar-refractivity contribution >= 4 is 38.0 Å². The van der Waals surface area contributed by atoms with Gasteiger partial charge in [0.2, 0.25) is 11.9 Å². The summed E-state index contributed by atoms with van der Waals surface area (Å²) in [6.45, 7) is 14.5. The summed E-state index contributed by atoms with van der Waals surface area (Å²) in [4.78, 5) is 66.9. The fourth-order valence-corrected chi connectivity index (χ4v) is 7.04. The molecule has 13 nitrogen and oxygen atoms in total. The number of carbonyl (C=O) groups is 5. The van der Waals surface area contributed by atoms with Gasteiger partial charge in [-0.25, -0.2) is 0 Å². The van der Waals surface area contributed by atoms with Crippen LogP contribution in [0.15, 0.2) is 103 Å². The van der Waals surface area contributed by atoms with E-state index in [-0.39, 0.29) is 49.4 Å². The van der Waals surface area contributed by atoms with Crippen molar-refractivity contribution in [1.29, 1.82) is 0 Å². The predicted octanol–water partition coefficient (Wildman–Crippen LogP) is 8.49. The molecule has 4 atom stereocenters. The van der Waals surface area contributed by atoms with Crippen LogP contribution >= 0.6 is 0 Å². The van der Waals surface area contributed by atoms with Gasteiger partial charge in [0.1, 0.15) is 24.7 Å². The minimum Gasteiger partial charge on any atom is -0.489 e. The smallest absolute Gasteiger partial charge is 0.303 e. The standard InChI is InChI=1S/C48H58O13Si/c1-32(49)58-42(31-54-27-36-19-13-10-14-20-36)45(59-33(2)50)47(61-35(4)52)46(60-34(3)51)44(53)43-39(30-57-62(8,9)48(5,6)7)25-40(55-28-37-21-15-11-16-22-37)26-41(43)56-29-38-23-17-12-18-24-38/h10-26,42,45-47H,27-31H2,1-9H3/t42-,45+,46+,47+/m1/s1. The third-order valence-corrected chi connectivity index (χ3v) is 14.6. The van der Waals surface area contributed by atoms with Gasteiger partial charge in [-0.3, -0.25) is 24.0 Å². The van der Waals surface area contributed by atoms with Crippen molar-refractivity contribution in [2.75, 3.05) is 6.61 Å². The zero-order valence-corrected chi connectivity index (χ0v) is 38.0. The molecule has 0 fully saturated rings. The topological polar surface area (TPSA) is 159 Å². The van der Waals surface area contributed by atoms with Gasteiger partial charge in [-0.1, -0.05) is 112 Å². The molecule has 0 bridgehead atoms. The molecule has 0 saturated carbocycles. The van der Waals surface area contributed by atoms with Crippen LogP contribution in [0.4, 0.5) is 0 Å². The van der Waals surface area contributed by atoms with Crippen LogP contribution in [0.1, 0.15) is 81.1 Å². The Kier molecular flexibility index (Phi) is 18.0. The summed E-state index contributed by atoms with van der Waals surface area (Å²) in [6, 6.07) is 31.1. The summed E-state index contributed by atoms with van der Waals surface area (Å²) >= 11 is 0. The van der Waals surface area contributed by atoms with E-state index in [0.717, 1.165) is 44.4 Å². The molecule has 0 radical (unpaired) electrons. The van der Waals surface area contributed by atoms with Gasteiger partial charge in [0.25, 0.3) is 0 Å². The third kappa shape index (κ3) is 15.0. The number of hydrogen-bond acceptors (Lipinski definition) is 13. The first-order valence-corrected chi connectivity index (χ1v) is 23.2. The Balaban J connectivity index is 1.92. The van der Waals surface area contributed by atoms with E-state index in [0.29, 0.717) is 11.3 Å². The number of rotatable bonds is 22. The fraction of sp³-hybridized carbons (Fsp3) is 0.396. The number of carbonyl (C=O) groups excluding carboxylic acids is 5. The van der Waals surface area contributed by atoms with Crippen LogP contribution < -0.4 is 9.47 Å². The Morgan fingerprint density at radius 2 is 1.03 bits per heavy atom. The highest BCUT2D eigenvalue weighted by Crippen LogP contribution is 2.39. The van der Waals surface area contributed by atoms with E-state index in [1.165, 1.54) is 0 Å². The first kappa shape index (κ1) is 48.8. The molecule has 0 aliphatic heterocycles. The second-order valence-corrected chi connectivity index (χ2v) is 21.1. The average molecular weight is 871 g/mol. The van der Waals surface area contributed by atoms with E-state index in [1.807, 2.05) is 91.0 Å². The summed E-state index contributed by atoms with van der Waals surface area (Å²) < 4.78 is 48.3. The van der Waals surface area contributed by atoms with Gasteiger partial charge >= 0.3 is 23.9 Å². The normalized spacial score (nSPS) is 13.4. The maximum atomic E-state index is 15.5. The van der Waals surface area contributed by atoms with Crippen LogP contribution in [-0.4, -0.2) is 69.0 Å². The molecule has 4 aromatic rings. The summed E-state index contributed by atoms with van der Waals surface area (Å²) in [5.41, 5.74) is 2.71. The molecule has 62 heavy (non-hydrogen) atoms. The maximum Gasteiger partial charge on any atom is 0.303 e. The van der Waals surface area contributed by atoms with Crippen molar-refractivity contribution in [3.8, 4) is 11.5 Å². The second-order valence-electron chi connectivity index (χ2n) is 16.2. The lowest BCUT2D eigenvalue weighted by Crippen LogP contribution is -2.55. The van der Waals surface area contributed by atoms with E-state index in [4.69, 9.17) is 37.6 Å². The van der Waals surface area contributed by atoms with Gasteiger partial charge in [0.05, 0.1) is 25.4 Å². The SMILES string of the molecule is CC(=O)O[C@H]([C@H](OC(C)=O)[C@@H](OC(C)=O)C(=O)c1c(CO[Si](C)(C)C(C)(C)C)cc(OCc2ccccc2)cc1OCc1ccccc1)[C@@H](COCc1ccccc1)OC(C)=O. The van der Waals surface area contributed by atoms with Crippen molar-refractivity contribution in [2.24, 2.45) is 0 Å². The molecule has 332 valence electrons. The van der Waals surface area contributed by atoms with Crippen LogP contribution in [0.5, 0.6) is 11.5 Å². The Labute approximate surface area is 365 Å². The van der Waals surface area contributed by atoms with Crippen molar-refractivity contribution in [3.63, 3.8) is 0 Å². The molecule has 4 rings (SSSR count). The van der Waals surface area contributed by atoms with Gasteiger partial charge in [-0.05, 0) is 46.5 Å². The minimum atomic E-state index is -2.49. The number of ether oxygens (including phenoxy) is 7. The summed E-state index contributed by atoms with van der Waals surface area (Å²) in [5.74, 6) is -4.01. The molecule has 0 saturated heterocycles. The van der Waals surface area contributed by atoms with E-state index in [2.05, 4.69) is 33.9 Å². The van der Waals surface area contributed by atoms with Gasteiger partial charge in [-0.2, -0.15) is 0 Å². The quantitative estimate of drug-likeness (QED) is 0.0321. The lowest BCUT2D eigenvalue weighted by molar-refractivity contribution is -0.198. The molecular formula is C48H58O13Si. The predicted molar refractivity (Wildman–Crippen MR) is 233 cm³/mol. The van der Waals surface area contributed by atoms with Crippen LogP contribution in [0, 0.1) is 0 Å². The van der Waals surface area contributed by atoms with Gasteiger partial charge in [0.15, 0.2) is 26.6 Å². The average Bonchev–Trinajstić information content (AvgIpc) is 3.21. The Hall–Kier alpha value is -5.83. The maximum absolute atomic E-state index is 15.5. The molecule has 0 aromatic heterocycles. The van der Waals surface area contributed by atoms with Gasteiger partial charge in [-0.15, -0.1) is 0 Å². The molecule has 0 unspecified atom stereocenters. The van der Waals surface area contributed by atoms with E-state index < -0.39 is 62.4 Å². The Bertz CT molecular complexity index is 2100. The zero-order valence-electron chi connectivity index (χ0n) is 37.0. The number of esters is 4. The summed E-state index contributed by atoms with van der Waals surface area (Å²) in [5, 5.41) is -0.225. The molecule has 0 amide bonds. The Morgan fingerprint density at radius 1 is 0.565 bits per heavy atom. The monoisotopic (exact) mass is 870 g/mol. The molecule has 14 heteroatoms. The molecular weight excluding hydrogens is 813 g/mol. The van der Waals surface area contributed by atoms with Crippen molar-refractivity contribution in [3.05, 3.63) is 131 Å². The van der Waals surface area contributed by atoms with Crippen LogP contribution in [0.3, 0.4) is 0 Å². The molecule has 0 aliphatic rings. The summed E-state index contributed by atoms with van der Waals surface area (Å²) in [6.07, 6.45) is -7.05.